The Labute approximate surface area is 306 Å². The maximum absolute atomic E-state index is 13.6. The molecule has 51 heavy (non-hydrogen) atoms. The molecule has 5 heterocycles. The van der Waals surface area contributed by atoms with Crippen LogP contribution in [-0.4, -0.2) is 100 Å². The first kappa shape index (κ1) is 35.0. The molecule has 2 unspecified atom stereocenters. The summed E-state index contributed by atoms with van der Waals surface area (Å²) in [5.41, 5.74) is 5.39. The minimum absolute atomic E-state index is 0.0487. The monoisotopic (exact) mass is 755 g/mol. The van der Waals surface area contributed by atoms with E-state index in [0.29, 0.717) is 53.5 Å². The van der Waals surface area contributed by atoms with Crippen LogP contribution < -0.4 is 10.9 Å². The van der Waals surface area contributed by atoms with E-state index in [9.17, 15) is 24.0 Å². The fourth-order valence-corrected chi connectivity index (χ4v) is 9.01. The van der Waals surface area contributed by atoms with Crippen molar-refractivity contribution in [1.82, 2.24) is 24.6 Å². The van der Waals surface area contributed by atoms with Gasteiger partial charge < -0.3 is 19.3 Å². The van der Waals surface area contributed by atoms with E-state index in [-0.39, 0.29) is 35.6 Å². The molecule has 0 spiro atoms. The predicted octanol–water partition coefficient (Wildman–Crippen LogP) is 4.01. The van der Waals surface area contributed by atoms with Gasteiger partial charge in [0.1, 0.15) is 19.3 Å². The van der Waals surface area contributed by atoms with Crippen molar-refractivity contribution in [2.75, 3.05) is 40.3 Å². The van der Waals surface area contributed by atoms with Crippen LogP contribution in [0.4, 0.5) is 5.69 Å². The normalized spacial score (nSPS) is 23.4. The highest BCUT2D eigenvalue weighted by atomic mass is 79.9. The Morgan fingerprint density at radius 1 is 0.922 bits per heavy atom. The Balaban J connectivity index is 0.953. The molecule has 0 radical (unpaired) electrons. The van der Waals surface area contributed by atoms with E-state index in [2.05, 4.69) is 57.6 Å². The van der Waals surface area contributed by atoms with Gasteiger partial charge in [-0.2, -0.15) is 0 Å². The quantitative estimate of drug-likeness (QED) is 0.231. The van der Waals surface area contributed by atoms with Gasteiger partial charge in [-0.1, -0.05) is 24.3 Å². The Hall–Kier alpha value is -4.42. The molecule has 3 fully saturated rings. The Morgan fingerprint density at radius 3 is 2.37 bits per heavy atom. The highest BCUT2D eigenvalue weighted by Crippen LogP contribution is 2.35. The molecule has 7 rings (SSSR count). The molecule has 11 nitrogen and oxygen atoms in total. The van der Waals surface area contributed by atoms with Crippen molar-refractivity contribution in [3.05, 3.63) is 97.4 Å². The van der Waals surface area contributed by atoms with Crippen molar-refractivity contribution in [1.29, 1.82) is 0 Å². The summed E-state index contributed by atoms with van der Waals surface area (Å²) < 4.78 is 4.16. The molecule has 2 aromatic carbocycles. The molecule has 3 atom stereocenters. The molecule has 4 amide bonds. The molecular formula is C39H44BrN6O5+. The predicted molar refractivity (Wildman–Crippen MR) is 196 cm³/mol. The molecule has 0 aliphatic carbocycles. The molecule has 4 aliphatic rings. The number of fused-ring (bicyclic) bond motifs is 1. The topological polar surface area (TPSA) is 115 Å². The van der Waals surface area contributed by atoms with Crippen molar-refractivity contribution < 1.29 is 23.8 Å². The molecule has 266 valence electrons. The molecule has 1 aromatic heterocycles. The van der Waals surface area contributed by atoms with Crippen LogP contribution in [-0.2, 0) is 23.2 Å². The fraction of sp³-hybridized carbons (Fsp3) is 0.436. The molecule has 3 aromatic rings. The maximum Gasteiger partial charge on any atom is 0.271 e. The Bertz CT molecular complexity index is 1980. The zero-order valence-corrected chi connectivity index (χ0v) is 30.9. The smallest absolute Gasteiger partial charge is 0.271 e. The lowest BCUT2D eigenvalue weighted by Crippen LogP contribution is -2.52. The summed E-state index contributed by atoms with van der Waals surface area (Å²) in [4.78, 5) is 69.0. The molecule has 0 bridgehead atoms. The number of piperidine rings is 3. The summed E-state index contributed by atoms with van der Waals surface area (Å²) in [5, 5.41) is 2.36. The second kappa shape index (κ2) is 14.3. The molecule has 0 saturated carbocycles. The summed E-state index contributed by atoms with van der Waals surface area (Å²) in [7, 11) is 5.87. The number of aryl methyl sites for hydroxylation is 1. The largest absolute Gasteiger partial charge is 0.339 e. The van der Waals surface area contributed by atoms with E-state index in [1.165, 1.54) is 5.56 Å². The standard InChI is InChI=1S/C39H43BrN6O5/c1-42-20-24(21-44(3)32-14-15-43(2)39(51)35(32)40)18-29(22-42)25-4-6-27(7-5-25)37(49)45-16-12-26(13-17-45)28-8-9-31-30(19-28)23-46(38(31)50)33-10-11-34(47)41-36(33)48/h4-9,14-15,19,21,24,26,29,33H,10-13,16-18,20,22-23H2,1-3H3/p+1/t24?,29-,33?/m1/s1. The minimum Gasteiger partial charge on any atom is -0.339 e. The van der Waals surface area contributed by atoms with Gasteiger partial charge in [-0.25, -0.2) is 4.58 Å². The number of nitrogens with one attached hydrogen (secondary N) is 1. The number of carbonyl (C=O) groups excluding carboxylic acids is 4. The summed E-state index contributed by atoms with van der Waals surface area (Å²) in [6.45, 7) is 3.55. The van der Waals surface area contributed by atoms with Crippen LogP contribution in [0, 0.1) is 5.92 Å². The third-order valence-corrected chi connectivity index (χ3v) is 11.8. The summed E-state index contributed by atoms with van der Waals surface area (Å²) in [6, 6.07) is 15.4. The van der Waals surface area contributed by atoms with Crippen LogP contribution in [0.15, 0.2) is 64.0 Å². The van der Waals surface area contributed by atoms with Gasteiger partial charge in [-0.3, -0.25) is 29.3 Å². The van der Waals surface area contributed by atoms with E-state index >= 15 is 0 Å². The van der Waals surface area contributed by atoms with E-state index < -0.39 is 11.9 Å². The zero-order chi connectivity index (χ0) is 36.0. The number of aromatic nitrogens is 1. The van der Waals surface area contributed by atoms with Crippen LogP contribution >= 0.6 is 15.9 Å². The summed E-state index contributed by atoms with van der Waals surface area (Å²) in [6.07, 6.45) is 7.22. The first-order chi connectivity index (χ1) is 24.5. The lowest BCUT2D eigenvalue weighted by molar-refractivity contribution is -0.403. The fourth-order valence-electron chi connectivity index (χ4n) is 8.32. The van der Waals surface area contributed by atoms with Gasteiger partial charge in [-0.05, 0) is 95.4 Å². The number of benzene rings is 2. The summed E-state index contributed by atoms with van der Waals surface area (Å²) in [5.74, 6) is 0.0924. The van der Waals surface area contributed by atoms with Crippen molar-refractivity contribution in [2.45, 2.75) is 56.5 Å². The van der Waals surface area contributed by atoms with Gasteiger partial charge in [-0.15, -0.1) is 0 Å². The van der Waals surface area contributed by atoms with Crippen molar-refractivity contribution in [2.24, 2.45) is 13.0 Å². The van der Waals surface area contributed by atoms with E-state index in [1.54, 1.807) is 22.7 Å². The summed E-state index contributed by atoms with van der Waals surface area (Å²) >= 11 is 3.48. The lowest BCUT2D eigenvalue weighted by Gasteiger charge is -2.34. The lowest BCUT2D eigenvalue weighted by atomic mass is 9.84. The average molecular weight is 757 g/mol. The van der Waals surface area contributed by atoms with Gasteiger partial charge >= 0.3 is 0 Å². The third kappa shape index (κ3) is 7.08. The molecule has 3 saturated heterocycles. The van der Waals surface area contributed by atoms with Crippen LogP contribution in [0.25, 0.3) is 0 Å². The van der Waals surface area contributed by atoms with E-state index in [0.717, 1.165) is 49.2 Å². The molecule has 1 N–H and O–H groups in total. The number of nitrogens with zero attached hydrogens (tertiary/aromatic N) is 5. The highest BCUT2D eigenvalue weighted by Gasteiger charge is 2.39. The van der Waals surface area contributed by atoms with E-state index in [4.69, 9.17) is 0 Å². The van der Waals surface area contributed by atoms with Crippen LogP contribution in [0.2, 0.25) is 0 Å². The minimum atomic E-state index is -0.623. The van der Waals surface area contributed by atoms with Gasteiger partial charge in [0.25, 0.3) is 17.4 Å². The number of likely N-dealkylation sites (tertiary alicyclic amines) is 2. The average Bonchev–Trinajstić information content (AvgIpc) is 3.45. The molecule has 4 aliphatic heterocycles. The number of amides is 4. The van der Waals surface area contributed by atoms with Gasteiger partial charge in [0.2, 0.25) is 17.5 Å². The van der Waals surface area contributed by atoms with E-state index in [1.807, 2.05) is 46.9 Å². The van der Waals surface area contributed by atoms with Crippen molar-refractivity contribution >= 4 is 51.5 Å². The van der Waals surface area contributed by atoms with Gasteiger partial charge in [0.05, 0.1) is 0 Å². The number of halogens is 1. The Kier molecular flexibility index (Phi) is 9.82. The first-order valence-electron chi connectivity index (χ1n) is 17.7. The van der Waals surface area contributed by atoms with Crippen LogP contribution in [0.3, 0.4) is 0 Å². The SMILES string of the molecule is CN1CC(C=[N+](C)c2ccn(C)c(=O)c2Br)C[C@@H](c2ccc(C(=O)N3CCC(c4ccc5c(c4)CN(C4CCC(=O)NC4=O)C5=O)CC3)cc2)C1. The van der Waals surface area contributed by atoms with Gasteiger partial charge in [0, 0.05) is 75.5 Å². The van der Waals surface area contributed by atoms with Gasteiger partial charge in [0.15, 0.2) is 4.47 Å². The number of hydrogen-bond donors (Lipinski definition) is 1. The number of likely N-dealkylation sites (N-methyl/N-ethyl adjacent to an activating group) is 1. The number of rotatable bonds is 6. The second-order valence-electron chi connectivity index (χ2n) is 14.6. The highest BCUT2D eigenvalue weighted by molar-refractivity contribution is 9.10. The first-order valence-corrected chi connectivity index (χ1v) is 18.5. The van der Waals surface area contributed by atoms with Crippen molar-refractivity contribution in [3.63, 3.8) is 0 Å². The number of hydrogen-bond acceptors (Lipinski definition) is 6. The van der Waals surface area contributed by atoms with Crippen molar-refractivity contribution in [3.8, 4) is 0 Å². The maximum atomic E-state index is 13.6. The molecular weight excluding hydrogens is 712 g/mol. The van der Waals surface area contributed by atoms with Crippen LogP contribution in [0.1, 0.15) is 81.3 Å². The zero-order valence-electron chi connectivity index (χ0n) is 29.3. The number of imide groups is 1. The second-order valence-corrected chi connectivity index (χ2v) is 15.4. The third-order valence-electron chi connectivity index (χ3n) is 11.1. The molecule has 12 heteroatoms. The van der Waals surface area contributed by atoms with Crippen LogP contribution in [0.5, 0.6) is 0 Å². The Morgan fingerprint density at radius 2 is 1.65 bits per heavy atom. The number of pyridine rings is 1. The number of carbonyl (C=O) groups is 4.